The second-order valence-corrected chi connectivity index (χ2v) is 4.22. The highest BCUT2D eigenvalue weighted by atomic mass is 32.1. The number of aromatic nitrogens is 1. The van der Waals surface area contributed by atoms with Gasteiger partial charge in [0.05, 0.1) is 7.11 Å². The van der Waals surface area contributed by atoms with Crippen LogP contribution in [0.25, 0.3) is 0 Å². The highest BCUT2D eigenvalue weighted by Crippen LogP contribution is 2.36. The zero-order valence-electron chi connectivity index (χ0n) is 10.0. The van der Waals surface area contributed by atoms with E-state index in [0.29, 0.717) is 11.5 Å². The number of methoxy groups -OCH3 is 1. The van der Waals surface area contributed by atoms with Gasteiger partial charge in [-0.15, -0.1) is 0 Å². The van der Waals surface area contributed by atoms with Gasteiger partial charge in [-0.25, -0.2) is 0 Å². The Morgan fingerprint density at radius 1 is 1.28 bits per heavy atom. The number of nitrogens with one attached hydrogen (secondary N) is 3. The maximum absolute atomic E-state index is 9.10. The van der Waals surface area contributed by atoms with Crippen molar-refractivity contribution >= 4 is 33.7 Å². The summed E-state index contributed by atoms with van der Waals surface area (Å²) in [5.41, 5.74) is 3.55. The highest BCUT2D eigenvalue weighted by Gasteiger charge is 2.12. The van der Waals surface area contributed by atoms with Crippen LogP contribution in [0.4, 0.5) is 22.2 Å². The van der Waals surface area contributed by atoms with E-state index in [1.165, 1.54) is 11.5 Å². The van der Waals surface area contributed by atoms with Gasteiger partial charge < -0.3 is 15.4 Å². The number of hydrogen-bond donors (Lipinski definition) is 4. The van der Waals surface area contributed by atoms with Crippen LogP contribution in [-0.2, 0) is 0 Å². The van der Waals surface area contributed by atoms with Crippen molar-refractivity contribution in [2.24, 2.45) is 0 Å². The fourth-order valence-corrected chi connectivity index (χ4v) is 2.22. The summed E-state index contributed by atoms with van der Waals surface area (Å²) in [6, 6.07) is 7.49. The quantitative estimate of drug-likeness (QED) is 0.623. The minimum absolute atomic E-state index is 0.526. The fourth-order valence-electron chi connectivity index (χ4n) is 1.46. The largest absolute Gasteiger partial charge is 0.497 e. The van der Waals surface area contributed by atoms with Gasteiger partial charge in [0.1, 0.15) is 16.4 Å². The Hall–Kier alpha value is -1.99. The molecule has 0 aliphatic rings. The lowest BCUT2D eigenvalue weighted by Gasteiger charge is -2.07. The van der Waals surface area contributed by atoms with E-state index in [4.69, 9.17) is 9.94 Å². The molecule has 0 aliphatic carbocycles. The monoisotopic (exact) mass is 266 g/mol. The zero-order valence-corrected chi connectivity index (χ0v) is 10.8. The fraction of sp³-hybridized carbons (Fsp3) is 0.182. The second kappa shape index (κ2) is 5.56. The third kappa shape index (κ3) is 2.47. The van der Waals surface area contributed by atoms with Crippen LogP contribution < -0.4 is 20.9 Å². The lowest BCUT2D eigenvalue weighted by atomic mass is 10.3. The van der Waals surface area contributed by atoms with E-state index in [1.54, 1.807) is 14.2 Å². The van der Waals surface area contributed by atoms with Crippen molar-refractivity contribution in [3.63, 3.8) is 0 Å². The van der Waals surface area contributed by atoms with Crippen molar-refractivity contribution < 1.29 is 9.94 Å². The first-order valence-corrected chi connectivity index (χ1v) is 6.04. The Morgan fingerprint density at radius 2 is 2.00 bits per heavy atom. The van der Waals surface area contributed by atoms with Crippen molar-refractivity contribution in [1.29, 1.82) is 0 Å². The average Bonchev–Trinajstić information content (AvgIpc) is 2.81. The molecule has 0 saturated carbocycles. The number of benzene rings is 1. The van der Waals surface area contributed by atoms with Crippen molar-refractivity contribution in [3.05, 3.63) is 24.3 Å². The van der Waals surface area contributed by atoms with Gasteiger partial charge in [0, 0.05) is 12.7 Å². The predicted octanol–water partition coefficient (Wildman–Crippen LogP) is 2.74. The molecule has 1 heterocycles. The van der Waals surface area contributed by atoms with Gasteiger partial charge in [-0.05, 0) is 35.8 Å². The third-order valence-electron chi connectivity index (χ3n) is 2.39. The van der Waals surface area contributed by atoms with Crippen LogP contribution in [0.2, 0.25) is 0 Å². The van der Waals surface area contributed by atoms with Gasteiger partial charge in [-0.1, -0.05) is 0 Å². The molecule has 0 amide bonds. The Kier molecular flexibility index (Phi) is 3.85. The molecule has 6 nitrogen and oxygen atoms in total. The van der Waals surface area contributed by atoms with E-state index in [9.17, 15) is 0 Å². The van der Waals surface area contributed by atoms with Crippen LogP contribution in [0, 0.1) is 0 Å². The van der Waals surface area contributed by atoms with Crippen LogP contribution >= 0.6 is 11.5 Å². The molecule has 0 unspecified atom stereocenters. The Bertz CT molecular complexity index is 512. The van der Waals surface area contributed by atoms with Gasteiger partial charge in [0.15, 0.2) is 5.82 Å². The first-order valence-electron chi connectivity index (χ1n) is 5.27. The predicted molar refractivity (Wildman–Crippen MR) is 73.3 cm³/mol. The Balaban J connectivity index is 2.19. The van der Waals surface area contributed by atoms with Crippen LogP contribution in [0.15, 0.2) is 24.3 Å². The van der Waals surface area contributed by atoms with Crippen molar-refractivity contribution in [2.75, 3.05) is 30.3 Å². The van der Waals surface area contributed by atoms with Gasteiger partial charge in [-0.2, -0.15) is 4.37 Å². The summed E-state index contributed by atoms with van der Waals surface area (Å²) < 4.78 is 9.24. The lowest BCUT2D eigenvalue weighted by molar-refractivity contribution is 0.390. The standard InChI is InChI=1S/C11H14N4O2S/c1-12-10-9(14-16)11(18-15-10)13-7-3-5-8(17-2)6-4-7/h3-6,13-14,16H,1-2H3,(H,12,15). The maximum Gasteiger partial charge on any atom is 0.167 e. The molecule has 0 aliphatic heterocycles. The van der Waals surface area contributed by atoms with Crippen molar-refractivity contribution in [2.45, 2.75) is 0 Å². The molecule has 18 heavy (non-hydrogen) atoms. The second-order valence-electron chi connectivity index (χ2n) is 3.45. The van der Waals surface area contributed by atoms with Crippen molar-refractivity contribution in [3.8, 4) is 5.75 Å². The molecule has 4 N–H and O–H groups in total. The maximum atomic E-state index is 9.10. The molecule has 0 atom stereocenters. The van der Waals surface area contributed by atoms with Gasteiger partial charge in [0.25, 0.3) is 0 Å². The SMILES string of the molecule is CNc1nsc(Nc2ccc(OC)cc2)c1NO. The molecule has 2 aromatic rings. The molecule has 0 saturated heterocycles. The van der Waals surface area contributed by atoms with Gasteiger partial charge >= 0.3 is 0 Å². The summed E-state index contributed by atoms with van der Waals surface area (Å²) in [5.74, 6) is 1.39. The van der Waals surface area contributed by atoms with Gasteiger partial charge in [-0.3, -0.25) is 10.7 Å². The summed E-state index contributed by atoms with van der Waals surface area (Å²) in [7, 11) is 3.37. The normalized spacial score (nSPS) is 9.94. The van der Waals surface area contributed by atoms with Crippen molar-refractivity contribution in [1.82, 2.24) is 4.37 Å². The van der Waals surface area contributed by atoms with E-state index in [2.05, 4.69) is 20.5 Å². The van der Waals surface area contributed by atoms with E-state index in [0.717, 1.165) is 16.4 Å². The summed E-state index contributed by atoms with van der Waals surface area (Å²) in [6.07, 6.45) is 0. The van der Waals surface area contributed by atoms with E-state index < -0.39 is 0 Å². The number of nitrogens with zero attached hydrogens (tertiary/aromatic N) is 1. The topological polar surface area (TPSA) is 78.4 Å². The Labute approximate surface area is 109 Å². The molecular formula is C11H14N4O2S. The van der Waals surface area contributed by atoms with Gasteiger partial charge in [0.2, 0.25) is 0 Å². The number of ether oxygens (including phenoxy) is 1. The molecular weight excluding hydrogens is 252 g/mol. The number of rotatable bonds is 5. The van der Waals surface area contributed by atoms with Crippen LogP contribution in [0.3, 0.4) is 0 Å². The van der Waals surface area contributed by atoms with Crippen LogP contribution in [-0.4, -0.2) is 23.7 Å². The zero-order chi connectivity index (χ0) is 13.0. The molecule has 0 spiro atoms. The van der Waals surface area contributed by atoms with E-state index in [-0.39, 0.29) is 0 Å². The summed E-state index contributed by atoms with van der Waals surface area (Å²) in [6.45, 7) is 0. The third-order valence-corrected chi connectivity index (χ3v) is 3.15. The molecule has 0 fully saturated rings. The molecule has 2 rings (SSSR count). The molecule has 0 radical (unpaired) electrons. The van der Waals surface area contributed by atoms with E-state index in [1.807, 2.05) is 24.3 Å². The number of hydrogen-bond acceptors (Lipinski definition) is 7. The highest BCUT2D eigenvalue weighted by molar-refractivity contribution is 7.11. The summed E-state index contributed by atoms with van der Waals surface area (Å²) in [4.78, 5) is 0. The summed E-state index contributed by atoms with van der Waals surface area (Å²) >= 11 is 1.25. The first kappa shape index (κ1) is 12.5. The number of anilines is 4. The first-order chi connectivity index (χ1) is 8.78. The Morgan fingerprint density at radius 3 is 2.56 bits per heavy atom. The molecule has 7 heteroatoms. The summed E-state index contributed by atoms with van der Waals surface area (Å²) in [5, 5.41) is 15.9. The smallest absolute Gasteiger partial charge is 0.167 e. The molecule has 0 bridgehead atoms. The molecule has 96 valence electrons. The molecule has 1 aromatic heterocycles. The minimum Gasteiger partial charge on any atom is -0.497 e. The molecule has 1 aromatic carbocycles. The average molecular weight is 266 g/mol. The van der Waals surface area contributed by atoms with Crippen LogP contribution in [0.5, 0.6) is 5.75 Å². The van der Waals surface area contributed by atoms with E-state index >= 15 is 0 Å². The van der Waals surface area contributed by atoms with Crippen LogP contribution in [0.1, 0.15) is 0 Å². The lowest BCUT2D eigenvalue weighted by Crippen LogP contribution is -1.98. The minimum atomic E-state index is 0.526.